The second-order valence-corrected chi connectivity index (χ2v) is 5.02. The van der Waals surface area contributed by atoms with Gasteiger partial charge in [-0.3, -0.25) is 0 Å². The second kappa shape index (κ2) is 5.69. The molecule has 0 aliphatic carbocycles. The van der Waals surface area contributed by atoms with Crippen LogP contribution in [-0.4, -0.2) is 12.1 Å². The standard InChI is InChI=1S/C14H27N/c1-5-7-9-12(3)13(4)14(6-2)10-8-11-15-14/h13,15H,3,5-11H2,1-2,4H3. The summed E-state index contributed by atoms with van der Waals surface area (Å²) in [6.07, 6.45) is 7.68. The van der Waals surface area contributed by atoms with E-state index in [1.54, 1.807) is 0 Å². The average Bonchev–Trinajstić information content (AvgIpc) is 2.74. The van der Waals surface area contributed by atoms with Gasteiger partial charge in [0.25, 0.3) is 0 Å². The minimum Gasteiger partial charge on any atom is -0.311 e. The van der Waals surface area contributed by atoms with Gasteiger partial charge in [-0.05, 0) is 44.6 Å². The first kappa shape index (κ1) is 12.8. The van der Waals surface area contributed by atoms with E-state index in [1.807, 2.05) is 0 Å². The highest BCUT2D eigenvalue weighted by Gasteiger charge is 2.37. The summed E-state index contributed by atoms with van der Waals surface area (Å²) in [4.78, 5) is 0. The molecule has 1 heteroatoms. The van der Waals surface area contributed by atoms with Crippen molar-refractivity contribution in [3.63, 3.8) is 0 Å². The van der Waals surface area contributed by atoms with Crippen LogP contribution in [0.4, 0.5) is 0 Å². The molecule has 0 bridgehead atoms. The van der Waals surface area contributed by atoms with Gasteiger partial charge < -0.3 is 5.32 Å². The molecule has 2 atom stereocenters. The maximum absolute atomic E-state index is 4.29. The first-order valence-corrected chi connectivity index (χ1v) is 6.59. The summed E-state index contributed by atoms with van der Waals surface area (Å²) in [5, 5.41) is 3.72. The highest BCUT2D eigenvalue weighted by molar-refractivity contribution is 5.11. The lowest BCUT2D eigenvalue weighted by Crippen LogP contribution is -2.45. The summed E-state index contributed by atoms with van der Waals surface area (Å²) in [7, 11) is 0. The molecule has 0 radical (unpaired) electrons. The Hall–Kier alpha value is -0.300. The lowest BCUT2D eigenvalue weighted by atomic mass is 9.76. The molecular formula is C14H27N. The van der Waals surface area contributed by atoms with Gasteiger partial charge in [-0.15, -0.1) is 0 Å². The van der Waals surface area contributed by atoms with Gasteiger partial charge in [0.2, 0.25) is 0 Å². The summed E-state index contributed by atoms with van der Waals surface area (Å²) in [5.41, 5.74) is 1.82. The minimum atomic E-state index is 0.366. The van der Waals surface area contributed by atoms with Gasteiger partial charge in [0.15, 0.2) is 0 Å². The fourth-order valence-electron chi connectivity index (χ4n) is 2.82. The van der Waals surface area contributed by atoms with Crippen LogP contribution in [0.1, 0.15) is 59.3 Å². The van der Waals surface area contributed by atoms with E-state index in [4.69, 9.17) is 0 Å². The molecular weight excluding hydrogens is 182 g/mol. The SMILES string of the molecule is C=C(CCCC)C(C)C1(CC)CCCN1. The quantitative estimate of drug-likeness (QED) is 0.654. The van der Waals surface area contributed by atoms with Gasteiger partial charge in [0.1, 0.15) is 0 Å². The number of unbranched alkanes of at least 4 members (excludes halogenated alkanes) is 1. The molecule has 0 spiro atoms. The molecule has 1 aliphatic rings. The summed E-state index contributed by atoms with van der Waals surface area (Å²) < 4.78 is 0. The predicted octanol–water partition coefficient (Wildman–Crippen LogP) is 3.90. The lowest BCUT2D eigenvalue weighted by molar-refractivity contribution is 0.271. The molecule has 1 rings (SSSR count). The van der Waals surface area contributed by atoms with E-state index in [2.05, 4.69) is 32.7 Å². The molecule has 1 fully saturated rings. The Bertz CT molecular complexity index is 201. The summed E-state index contributed by atoms with van der Waals surface area (Å²) in [5.74, 6) is 0.636. The predicted molar refractivity (Wildman–Crippen MR) is 68.1 cm³/mol. The highest BCUT2D eigenvalue weighted by atomic mass is 15.0. The number of nitrogens with one attached hydrogen (secondary N) is 1. The summed E-state index contributed by atoms with van der Waals surface area (Å²) in [6, 6.07) is 0. The van der Waals surface area contributed by atoms with Crippen LogP contribution in [0.15, 0.2) is 12.2 Å². The number of hydrogen-bond donors (Lipinski definition) is 1. The van der Waals surface area contributed by atoms with Crippen molar-refractivity contribution in [1.82, 2.24) is 5.32 Å². The maximum atomic E-state index is 4.29. The monoisotopic (exact) mass is 209 g/mol. The van der Waals surface area contributed by atoms with Crippen LogP contribution in [0.2, 0.25) is 0 Å². The third-order valence-corrected chi connectivity index (χ3v) is 4.20. The summed E-state index contributed by atoms with van der Waals surface area (Å²) in [6.45, 7) is 12.4. The van der Waals surface area contributed by atoms with E-state index in [-0.39, 0.29) is 0 Å². The fourth-order valence-corrected chi connectivity index (χ4v) is 2.82. The van der Waals surface area contributed by atoms with Crippen LogP contribution in [0.3, 0.4) is 0 Å². The van der Waals surface area contributed by atoms with Crippen molar-refractivity contribution in [1.29, 1.82) is 0 Å². The zero-order valence-electron chi connectivity index (χ0n) is 10.7. The largest absolute Gasteiger partial charge is 0.311 e. The Morgan fingerprint density at radius 1 is 1.47 bits per heavy atom. The molecule has 15 heavy (non-hydrogen) atoms. The van der Waals surface area contributed by atoms with Crippen molar-refractivity contribution >= 4 is 0 Å². The topological polar surface area (TPSA) is 12.0 Å². The van der Waals surface area contributed by atoms with E-state index in [0.717, 1.165) is 0 Å². The van der Waals surface area contributed by atoms with Gasteiger partial charge in [0.05, 0.1) is 0 Å². The van der Waals surface area contributed by atoms with E-state index in [9.17, 15) is 0 Å². The van der Waals surface area contributed by atoms with Crippen LogP contribution in [0, 0.1) is 5.92 Å². The zero-order valence-corrected chi connectivity index (χ0v) is 10.7. The molecule has 1 heterocycles. The average molecular weight is 209 g/mol. The minimum absolute atomic E-state index is 0.366. The molecule has 2 unspecified atom stereocenters. The van der Waals surface area contributed by atoms with Crippen LogP contribution >= 0.6 is 0 Å². The Balaban J connectivity index is 2.56. The van der Waals surface area contributed by atoms with Crippen LogP contribution in [0.5, 0.6) is 0 Å². The van der Waals surface area contributed by atoms with Crippen LogP contribution in [-0.2, 0) is 0 Å². The maximum Gasteiger partial charge on any atom is 0.0241 e. The van der Waals surface area contributed by atoms with Crippen molar-refractivity contribution in [2.24, 2.45) is 5.92 Å². The molecule has 1 N–H and O–H groups in total. The number of rotatable bonds is 6. The Kier molecular flexibility index (Phi) is 4.85. The Morgan fingerprint density at radius 2 is 2.20 bits per heavy atom. The van der Waals surface area contributed by atoms with Crippen LogP contribution < -0.4 is 5.32 Å². The van der Waals surface area contributed by atoms with Crippen molar-refractivity contribution in [3.8, 4) is 0 Å². The fraction of sp³-hybridized carbons (Fsp3) is 0.857. The van der Waals surface area contributed by atoms with Crippen molar-refractivity contribution in [3.05, 3.63) is 12.2 Å². The van der Waals surface area contributed by atoms with E-state index in [0.29, 0.717) is 11.5 Å². The smallest absolute Gasteiger partial charge is 0.0241 e. The van der Waals surface area contributed by atoms with Crippen molar-refractivity contribution in [2.75, 3.05) is 6.54 Å². The Labute approximate surface area is 95.3 Å². The molecule has 1 nitrogen and oxygen atoms in total. The molecule has 1 saturated heterocycles. The van der Waals surface area contributed by atoms with Gasteiger partial charge in [-0.1, -0.05) is 39.3 Å². The second-order valence-electron chi connectivity index (χ2n) is 5.02. The van der Waals surface area contributed by atoms with E-state index >= 15 is 0 Å². The third kappa shape index (κ3) is 2.84. The van der Waals surface area contributed by atoms with Crippen molar-refractivity contribution < 1.29 is 0 Å². The van der Waals surface area contributed by atoms with Crippen molar-refractivity contribution in [2.45, 2.75) is 64.8 Å². The molecule has 88 valence electrons. The summed E-state index contributed by atoms with van der Waals surface area (Å²) >= 11 is 0. The van der Waals surface area contributed by atoms with E-state index in [1.165, 1.54) is 50.6 Å². The molecule has 0 aromatic carbocycles. The molecule has 1 aliphatic heterocycles. The highest BCUT2D eigenvalue weighted by Crippen LogP contribution is 2.36. The molecule has 0 saturated carbocycles. The first-order valence-electron chi connectivity index (χ1n) is 6.59. The molecule has 0 amide bonds. The zero-order chi connectivity index (χ0) is 11.3. The van der Waals surface area contributed by atoms with Gasteiger partial charge in [-0.25, -0.2) is 0 Å². The normalized spacial score (nSPS) is 27.9. The molecule has 0 aromatic rings. The lowest BCUT2D eigenvalue weighted by Gasteiger charge is -2.36. The van der Waals surface area contributed by atoms with Crippen LogP contribution in [0.25, 0.3) is 0 Å². The van der Waals surface area contributed by atoms with Gasteiger partial charge in [-0.2, -0.15) is 0 Å². The van der Waals surface area contributed by atoms with Gasteiger partial charge >= 0.3 is 0 Å². The Morgan fingerprint density at radius 3 is 2.67 bits per heavy atom. The number of hydrogen-bond acceptors (Lipinski definition) is 1. The molecule has 0 aromatic heterocycles. The van der Waals surface area contributed by atoms with Gasteiger partial charge in [0, 0.05) is 5.54 Å². The third-order valence-electron chi connectivity index (χ3n) is 4.20. The first-order chi connectivity index (χ1) is 7.16. The van der Waals surface area contributed by atoms with E-state index < -0.39 is 0 Å².